The molecule has 1 aliphatic rings. The van der Waals surface area contributed by atoms with Gasteiger partial charge in [0.15, 0.2) is 0 Å². The molecule has 0 saturated carbocycles. The minimum absolute atomic E-state index is 0.621. The van der Waals surface area contributed by atoms with Gasteiger partial charge in [0, 0.05) is 18.6 Å². The zero-order valence-electron chi connectivity index (χ0n) is 15.3. The normalized spacial score (nSPS) is 18.3. The van der Waals surface area contributed by atoms with E-state index in [1.54, 1.807) is 0 Å². The lowest BCUT2D eigenvalue weighted by molar-refractivity contribution is 0.188. The van der Waals surface area contributed by atoms with Crippen molar-refractivity contribution in [1.82, 2.24) is 10.2 Å². The highest BCUT2D eigenvalue weighted by atomic mass is 16.5. The third kappa shape index (κ3) is 6.15. The first-order chi connectivity index (χ1) is 11.1. The molecule has 1 unspecified atom stereocenters. The van der Waals surface area contributed by atoms with Gasteiger partial charge in [-0.25, -0.2) is 0 Å². The number of ether oxygens (including phenoxy) is 1. The Morgan fingerprint density at radius 3 is 2.35 bits per heavy atom. The molecule has 0 spiro atoms. The molecule has 1 aromatic rings. The molecule has 3 nitrogen and oxygen atoms in total. The fourth-order valence-electron chi connectivity index (χ4n) is 3.09. The summed E-state index contributed by atoms with van der Waals surface area (Å²) in [5.74, 6) is 1.69. The van der Waals surface area contributed by atoms with Gasteiger partial charge in [0.1, 0.15) is 5.75 Å². The van der Waals surface area contributed by atoms with E-state index in [1.807, 2.05) is 6.92 Å². The molecule has 0 radical (unpaired) electrons. The van der Waals surface area contributed by atoms with E-state index < -0.39 is 0 Å². The third-order valence-electron chi connectivity index (χ3n) is 5.04. The minimum Gasteiger partial charge on any atom is -0.494 e. The van der Waals surface area contributed by atoms with Gasteiger partial charge in [0.25, 0.3) is 0 Å². The van der Waals surface area contributed by atoms with E-state index >= 15 is 0 Å². The van der Waals surface area contributed by atoms with Gasteiger partial charge in [0.2, 0.25) is 0 Å². The minimum atomic E-state index is 0.621. The summed E-state index contributed by atoms with van der Waals surface area (Å²) in [7, 11) is 0. The first kappa shape index (κ1) is 18.3. The van der Waals surface area contributed by atoms with Crippen LogP contribution in [-0.2, 0) is 6.42 Å². The summed E-state index contributed by atoms with van der Waals surface area (Å²) < 4.78 is 5.50. The van der Waals surface area contributed by atoms with E-state index in [4.69, 9.17) is 4.74 Å². The van der Waals surface area contributed by atoms with E-state index in [2.05, 4.69) is 55.3 Å². The van der Waals surface area contributed by atoms with Crippen molar-refractivity contribution in [2.45, 2.75) is 59.0 Å². The fourth-order valence-corrected chi connectivity index (χ4v) is 3.09. The molecule has 0 aromatic heterocycles. The lowest BCUT2D eigenvalue weighted by Crippen LogP contribution is -2.47. The maximum Gasteiger partial charge on any atom is 0.119 e. The van der Waals surface area contributed by atoms with Gasteiger partial charge in [-0.1, -0.05) is 26.0 Å². The van der Waals surface area contributed by atoms with Gasteiger partial charge < -0.3 is 15.0 Å². The van der Waals surface area contributed by atoms with Crippen molar-refractivity contribution in [1.29, 1.82) is 0 Å². The molecule has 1 atom stereocenters. The zero-order chi connectivity index (χ0) is 16.7. The average Bonchev–Trinajstić information content (AvgIpc) is 2.55. The highest BCUT2D eigenvalue weighted by Gasteiger charge is 2.20. The van der Waals surface area contributed by atoms with Gasteiger partial charge in [-0.2, -0.15) is 0 Å². The highest BCUT2D eigenvalue weighted by Crippen LogP contribution is 2.15. The number of nitrogens with one attached hydrogen (secondary N) is 1. The number of nitrogens with zero attached hydrogens (tertiary/aromatic N) is 1. The Bertz CT molecular complexity index is 435. The zero-order valence-corrected chi connectivity index (χ0v) is 15.3. The van der Waals surface area contributed by atoms with E-state index in [9.17, 15) is 0 Å². The second-order valence-corrected chi connectivity index (χ2v) is 7.14. The first-order valence-electron chi connectivity index (χ1n) is 9.28. The summed E-state index contributed by atoms with van der Waals surface area (Å²) >= 11 is 0. The largest absolute Gasteiger partial charge is 0.494 e. The van der Waals surface area contributed by atoms with Crippen LogP contribution in [0, 0.1) is 5.92 Å². The van der Waals surface area contributed by atoms with E-state index in [0.717, 1.165) is 18.8 Å². The van der Waals surface area contributed by atoms with E-state index in [1.165, 1.54) is 38.0 Å². The summed E-state index contributed by atoms with van der Waals surface area (Å²) in [4.78, 5) is 2.61. The van der Waals surface area contributed by atoms with Crippen molar-refractivity contribution in [3.8, 4) is 5.75 Å². The Kier molecular flexibility index (Phi) is 7.38. The Morgan fingerprint density at radius 1 is 1.13 bits per heavy atom. The molecular formula is C20H34N2O. The van der Waals surface area contributed by atoms with Crippen LogP contribution in [0.2, 0.25) is 0 Å². The molecule has 23 heavy (non-hydrogen) atoms. The third-order valence-corrected chi connectivity index (χ3v) is 5.04. The highest BCUT2D eigenvalue weighted by molar-refractivity contribution is 5.27. The van der Waals surface area contributed by atoms with Crippen molar-refractivity contribution in [2.75, 3.05) is 26.2 Å². The van der Waals surface area contributed by atoms with E-state index in [0.29, 0.717) is 18.0 Å². The number of likely N-dealkylation sites (tertiary alicyclic amines) is 1. The molecule has 1 saturated heterocycles. The Morgan fingerprint density at radius 2 is 1.78 bits per heavy atom. The number of benzene rings is 1. The summed E-state index contributed by atoms with van der Waals surface area (Å²) in [6.45, 7) is 13.3. The summed E-state index contributed by atoms with van der Waals surface area (Å²) in [6, 6.07) is 9.89. The lowest BCUT2D eigenvalue weighted by atomic mass is 10.00. The molecule has 1 heterocycles. The number of piperidine rings is 1. The average molecular weight is 319 g/mol. The maximum absolute atomic E-state index is 5.50. The molecule has 0 bridgehead atoms. The Hall–Kier alpha value is -1.06. The summed E-state index contributed by atoms with van der Waals surface area (Å²) in [5.41, 5.74) is 1.40. The molecule has 0 amide bonds. The van der Waals surface area contributed by atoms with Crippen LogP contribution in [0.4, 0.5) is 0 Å². The topological polar surface area (TPSA) is 24.5 Å². The molecule has 1 fully saturated rings. The van der Waals surface area contributed by atoms with Crippen LogP contribution in [0.15, 0.2) is 24.3 Å². The van der Waals surface area contributed by atoms with Gasteiger partial charge >= 0.3 is 0 Å². The summed E-state index contributed by atoms with van der Waals surface area (Å²) in [5, 5.41) is 3.79. The maximum atomic E-state index is 5.50. The van der Waals surface area contributed by atoms with Crippen molar-refractivity contribution in [2.24, 2.45) is 5.92 Å². The van der Waals surface area contributed by atoms with Gasteiger partial charge in [-0.05, 0) is 69.8 Å². The van der Waals surface area contributed by atoms with Crippen LogP contribution in [-0.4, -0.2) is 43.2 Å². The van der Waals surface area contributed by atoms with Crippen LogP contribution in [0.25, 0.3) is 0 Å². The number of hydrogen-bond donors (Lipinski definition) is 1. The Balaban J connectivity index is 1.68. The SMILES string of the molecule is CCOc1ccc(CCN2CCC(NC(C)C(C)C)CC2)cc1. The van der Waals surface area contributed by atoms with Gasteiger partial charge in [-0.3, -0.25) is 0 Å². The van der Waals surface area contributed by atoms with Crippen LogP contribution in [0.3, 0.4) is 0 Å². The quantitative estimate of drug-likeness (QED) is 0.790. The molecule has 1 N–H and O–H groups in total. The molecule has 130 valence electrons. The Labute approximate surface area is 142 Å². The smallest absolute Gasteiger partial charge is 0.119 e. The first-order valence-corrected chi connectivity index (χ1v) is 9.28. The van der Waals surface area contributed by atoms with Crippen LogP contribution in [0.1, 0.15) is 46.1 Å². The summed E-state index contributed by atoms with van der Waals surface area (Å²) in [6.07, 6.45) is 3.69. The van der Waals surface area contributed by atoms with Gasteiger partial charge in [0.05, 0.1) is 6.61 Å². The van der Waals surface area contributed by atoms with Crippen molar-refractivity contribution >= 4 is 0 Å². The standard InChI is InChI=1S/C20H34N2O/c1-5-23-20-8-6-18(7-9-20)10-13-22-14-11-19(12-15-22)21-17(4)16(2)3/h6-9,16-17,19,21H,5,10-15H2,1-4H3. The fraction of sp³-hybridized carbons (Fsp3) is 0.700. The van der Waals surface area contributed by atoms with Crippen molar-refractivity contribution in [3.05, 3.63) is 29.8 Å². The van der Waals surface area contributed by atoms with Crippen LogP contribution < -0.4 is 10.1 Å². The predicted octanol–water partition coefficient (Wildman–Crippen LogP) is 3.73. The number of hydrogen-bond acceptors (Lipinski definition) is 3. The lowest BCUT2D eigenvalue weighted by Gasteiger charge is -2.34. The van der Waals surface area contributed by atoms with Crippen LogP contribution in [0.5, 0.6) is 5.75 Å². The van der Waals surface area contributed by atoms with Crippen LogP contribution >= 0.6 is 0 Å². The molecule has 2 rings (SSSR count). The second kappa shape index (κ2) is 9.29. The molecule has 1 aliphatic heterocycles. The molecule has 1 aromatic carbocycles. The molecule has 3 heteroatoms. The number of rotatable bonds is 8. The monoisotopic (exact) mass is 318 g/mol. The molecule has 0 aliphatic carbocycles. The van der Waals surface area contributed by atoms with Crippen molar-refractivity contribution in [3.63, 3.8) is 0 Å². The van der Waals surface area contributed by atoms with Crippen molar-refractivity contribution < 1.29 is 4.74 Å². The predicted molar refractivity (Wildman–Crippen MR) is 98.2 cm³/mol. The van der Waals surface area contributed by atoms with E-state index in [-0.39, 0.29) is 0 Å². The second-order valence-electron chi connectivity index (χ2n) is 7.14. The molecular weight excluding hydrogens is 284 g/mol. The van der Waals surface area contributed by atoms with Gasteiger partial charge in [-0.15, -0.1) is 0 Å².